The molecule has 0 N–H and O–H groups in total. The standard InChI is InChI=1S/C27H34ClNO3/c28-26-19-25(32-17-7-16-31-20-21-8-3-1-4-9-21)13-12-22(26)18-23-14-15-29(27(23)30)24-10-5-2-6-11-24/h1,3-4,8-9,12-13,19,23-24H,2,5-7,10-11,14-18,20H2. The summed E-state index contributed by atoms with van der Waals surface area (Å²) < 4.78 is 11.5. The Morgan fingerprint density at radius 1 is 0.969 bits per heavy atom. The Balaban J connectivity index is 1.19. The first-order chi connectivity index (χ1) is 15.7. The van der Waals surface area contributed by atoms with Gasteiger partial charge >= 0.3 is 0 Å². The normalized spacial score (nSPS) is 19.5. The van der Waals surface area contributed by atoms with Crippen LogP contribution in [0.25, 0.3) is 0 Å². The van der Waals surface area contributed by atoms with Crippen LogP contribution in [0.5, 0.6) is 5.75 Å². The highest BCUT2D eigenvalue weighted by Crippen LogP contribution is 2.32. The molecule has 1 amide bonds. The molecule has 1 aliphatic carbocycles. The third kappa shape index (κ3) is 6.26. The molecule has 2 aliphatic rings. The van der Waals surface area contributed by atoms with E-state index in [1.807, 2.05) is 36.4 Å². The molecule has 4 rings (SSSR count). The van der Waals surface area contributed by atoms with Gasteiger partial charge < -0.3 is 14.4 Å². The van der Waals surface area contributed by atoms with E-state index in [0.29, 0.717) is 43.2 Å². The molecular formula is C27H34ClNO3. The van der Waals surface area contributed by atoms with Crippen molar-refractivity contribution >= 4 is 17.5 Å². The van der Waals surface area contributed by atoms with Crippen LogP contribution >= 0.6 is 11.6 Å². The maximum Gasteiger partial charge on any atom is 0.226 e. The van der Waals surface area contributed by atoms with Crippen LogP contribution < -0.4 is 4.74 Å². The van der Waals surface area contributed by atoms with Crippen molar-refractivity contribution in [3.8, 4) is 5.75 Å². The first kappa shape index (κ1) is 23.1. The number of carbonyl (C=O) groups excluding carboxylic acids is 1. The smallest absolute Gasteiger partial charge is 0.226 e. The fourth-order valence-corrected chi connectivity index (χ4v) is 5.12. The molecule has 1 aliphatic heterocycles. The lowest BCUT2D eigenvalue weighted by molar-refractivity contribution is -0.133. The highest BCUT2D eigenvalue weighted by Gasteiger charge is 2.36. The third-order valence-electron chi connectivity index (χ3n) is 6.67. The summed E-state index contributed by atoms with van der Waals surface area (Å²) in [5.74, 6) is 1.15. The van der Waals surface area contributed by atoms with Gasteiger partial charge in [0.05, 0.1) is 19.8 Å². The summed E-state index contributed by atoms with van der Waals surface area (Å²) >= 11 is 6.54. The minimum atomic E-state index is 0.0583. The van der Waals surface area contributed by atoms with Crippen molar-refractivity contribution in [3.63, 3.8) is 0 Å². The summed E-state index contributed by atoms with van der Waals surface area (Å²) in [6.45, 7) is 2.77. The molecule has 2 aromatic rings. The number of hydrogen-bond acceptors (Lipinski definition) is 3. The molecule has 2 aromatic carbocycles. The minimum absolute atomic E-state index is 0.0583. The second-order valence-electron chi connectivity index (χ2n) is 9.01. The van der Waals surface area contributed by atoms with E-state index in [9.17, 15) is 4.79 Å². The van der Waals surface area contributed by atoms with Crippen molar-refractivity contribution in [3.05, 3.63) is 64.7 Å². The molecule has 2 fully saturated rings. The van der Waals surface area contributed by atoms with Gasteiger partial charge in [-0.05, 0) is 48.9 Å². The maximum absolute atomic E-state index is 13.0. The summed E-state index contributed by atoms with van der Waals surface area (Å²) in [6, 6.07) is 16.5. The Morgan fingerprint density at radius 2 is 1.78 bits per heavy atom. The number of halogens is 1. The second-order valence-corrected chi connectivity index (χ2v) is 9.41. The van der Waals surface area contributed by atoms with E-state index in [-0.39, 0.29) is 5.92 Å². The Morgan fingerprint density at radius 3 is 2.56 bits per heavy atom. The van der Waals surface area contributed by atoms with Crippen molar-refractivity contribution < 1.29 is 14.3 Å². The highest BCUT2D eigenvalue weighted by molar-refractivity contribution is 6.31. The van der Waals surface area contributed by atoms with E-state index in [2.05, 4.69) is 17.0 Å². The fourth-order valence-electron chi connectivity index (χ4n) is 4.87. The van der Waals surface area contributed by atoms with Crippen LogP contribution in [0.4, 0.5) is 0 Å². The predicted octanol–water partition coefficient (Wildman–Crippen LogP) is 6.05. The van der Waals surface area contributed by atoms with Crippen molar-refractivity contribution in [2.75, 3.05) is 19.8 Å². The van der Waals surface area contributed by atoms with Gasteiger partial charge in [0.1, 0.15) is 5.75 Å². The van der Waals surface area contributed by atoms with Crippen molar-refractivity contribution in [1.82, 2.24) is 4.90 Å². The van der Waals surface area contributed by atoms with E-state index in [1.165, 1.54) is 37.7 Å². The average Bonchev–Trinajstić information content (AvgIpc) is 3.19. The summed E-state index contributed by atoms with van der Waals surface area (Å²) in [5.41, 5.74) is 2.22. The topological polar surface area (TPSA) is 38.8 Å². The highest BCUT2D eigenvalue weighted by atomic mass is 35.5. The number of likely N-dealkylation sites (tertiary alicyclic amines) is 1. The van der Waals surface area contributed by atoms with Crippen LogP contribution in [0, 0.1) is 5.92 Å². The largest absolute Gasteiger partial charge is 0.493 e. The minimum Gasteiger partial charge on any atom is -0.493 e. The van der Waals surface area contributed by atoms with Crippen molar-refractivity contribution in [2.45, 2.75) is 64.0 Å². The van der Waals surface area contributed by atoms with Gasteiger partial charge in [0.15, 0.2) is 0 Å². The quantitative estimate of drug-likeness (QED) is 0.409. The van der Waals surface area contributed by atoms with E-state index >= 15 is 0 Å². The van der Waals surface area contributed by atoms with Crippen LogP contribution in [-0.2, 0) is 22.6 Å². The molecule has 4 nitrogen and oxygen atoms in total. The van der Waals surface area contributed by atoms with Crippen LogP contribution in [-0.4, -0.2) is 36.6 Å². The van der Waals surface area contributed by atoms with Crippen molar-refractivity contribution in [2.24, 2.45) is 5.92 Å². The summed E-state index contributed by atoms with van der Waals surface area (Å²) in [5, 5.41) is 0.687. The summed E-state index contributed by atoms with van der Waals surface area (Å²) in [4.78, 5) is 15.1. The molecule has 0 radical (unpaired) electrons. The van der Waals surface area contributed by atoms with Crippen LogP contribution in [0.3, 0.4) is 0 Å². The number of benzene rings is 2. The lowest BCUT2D eigenvalue weighted by Crippen LogP contribution is -2.39. The van der Waals surface area contributed by atoms with Gasteiger partial charge in [-0.25, -0.2) is 0 Å². The molecule has 172 valence electrons. The molecule has 1 unspecified atom stereocenters. The number of amides is 1. The van der Waals surface area contributed by atoms with E-state index in [4.69, 9.17) is 21.1 Å². The van der Waals surface area contributed by atoms with Crippen LogP contribution in [0.15, 0.2) is 48.5 Å². The van der Waals surface area contributed by atoms with Crippen molar-refractivity contribution in [1.29, 1.82) is 0 Å². The van der Waals surface area contributed by atoms with E-state index in [0.717, 1.165) is 30.7 Å². The monoisotopic (exact) mass is 455 g/mol. The lowest BCUT2D eigenvalue weighted by atomic mass is 9.94. The summed E-state index contributed by atoms with van der Waals surface area (Å²) in [6.07, 6.45) is 8.63. The summed E-state index contributed by atoms with van der Waals surface area (Å²) in [7, 11) is 0. The molecule has 5 heteroatoms. The van der Waals surface area contributed by atoms with Gasteiger partial charge in [0.2, 0.25) is 5.91 Å². The van der Waals surface area contributed by atoms with Gasteiger partial charge in [-0.15, -0.1) is 0 Å². The molecule has 0 bridgehead atoms. The first-order valence-electron chi connectivity index (χ1n) is 12.0. The first-order valence-corrected chi connectivity index (χ1v) is 12.4. The van der Waals surface area contributed by atoms with Crippen LogP contribution in [0.2, 0.25) is 5.02 Å². The Labute approximate surface area is 196 Å². The molecule has 32 heavy (non-hydrogen) atoms. The molecule has 1 saturated heterocycles. The van der Waals surface area contributed by atoms with E-state index < -0.39 is 0 Å². The molecule has 1 saturated carbocycles. The second kappa shape index (κ2) is 11.7. The Hall–Kier alpha value is -2.04. The van der Waals surface area contributed by atoms with Gasteiger partial charge in [0, 0.05) is 29.9 Å². The van der Waals surface area contributed by atoms with Gasteiger partial charge in [-0.1, -0.05) is 67.3 Å². The molecular weight excluding hydrogens is 422 g/mol. The maximum atomic E-state index is 13.0. The predicted molar refractivity (Wildman–Crippen MR) is 128 cm³/mol. The Bertz CT molecular complexity index is 866. The molecule has 1 heterocycles. The average molecular weight is 456 g/mol. The molecule has 1 atom stereocenters. The molecule has 0 spiro atoms. The number of ether oxygens (including phenoxy) is 2. The van der Waals surface area contributed by atoms with Gasteiger partial charge in [0.25, 0.3) is 0 Å². The third-order valence-corrected chi connectivity index (χ3v) is 7.02. The van der Waals surface area contributed by atoms with Gasteiger partial charge in [-0.2, -0.15) is 0 Å². The zero-order chi connectivity index (χ0) is 22.2. The van der Waals surface area contributed by atoms with Gasteiger partial charge in [-0.3, -0.25) is 4.79 Å². The Kier molecular flexibility index (Phi) is 8.47. The number of nitrogens with zero attached hydrogens (tertiary/aromatic N) is 1. The zero-order valence-electron chi connectivity index (χ0n) is 18.8. The zero-order valence-corrected chi connectivity index (χ0v) is 19.6. The van der Waals surface area contributed by atoms with E-state index in [1.54, 1.807) is 0 Å². The SMILES string of the molecule is O=C1C(Cc2ccc(OCCCOCc3ccccc3)cc2Cl)CCN1C1CCCCC1. The lowest BCUT2D eigenvalue weighted by Gasteiger charge is -2.31. The van der Waals surface area contributed by atoms with Crippen LogP contribution in [0.1, 0.15) is 56.1 Å². The fraction of sp³-hybridized carbons (Fsp3) is 0.519. The number of carbonyl (C=O) groups is 1. The number of hydrogen-bond donors (Lipinski definition) is 0. The molecule has 0 aromatic heterocycles. The number of rotatable bonds is 10.